The summed E-state index contributed by atoms with van der Waals surface area (Å²) >= 11 is 0. The molecule has 1 heterocycles. The summed E-state index contributed by atoms with van der Waals surface area (Å²) in [5.74, 6) is 0.514. The number of carbonyl (C=O) groups excluding carboxylic acids is 1. The number of rotatable bonds is 4. The number of nitrogens with zero attached hydrogens (tertiary/aromatic N) is 2. The lowest BCUT2D eigenvalue weighted by Gasteiger charge is -2.01. The summed E-state index contributed by atoms with van der Waals surface area (Å²) in [7, 11) is 1.90. The van der Waals surface area contributed by atoms with Gasteiger partial charge in [0.15, 0.2) is 0 Å². The topological polar surface area (TPSA) is 46.9 Å². The third kappa shape index (κ3) is 2.34. The minimum atomic E-state index is 0.209. The van der Waals surface area contributed by atoms with Gasteiger partial charge in [-0.25, -0.2) is 0 Å². The maximum absolute atomic E-state index is 11.3. The van der Waals surface area contributed by atoms with Gasteiger partial charge in [0.2, 0.25) is 5.91 Å². The van der Waals surface area contributed by atoms with Crippen LogP contribution >= 0.6 is 0 Å². The number of nitrogens with one attached hydrogen (secondary N) is 1. The summed E-state index contributed by atoms with van der Waals surface area (Å²) in [5.41, 5.74) is 1.03. The molecule has 0 radical (unpaired) electrons. The van der Waals surface area contributed by atoms with E-state index < -0.39 is 0 Å². The summed E-state index contributed by atoms with van der Waals surface area (Å²) in [6.07, 6.45) is 4.86. The monoisotopic (exact) mass is 193 g/mol. The molecule has 1 aliphatic rings. The standard InChI is InChI=1S/C10H15N3O/c1-13-7-5-9(12-13)4-6-11-10(14)8-2-3-8/h5,7-8H,2-4,6H2,1H3,(H,11,14). The summed E-state index contributed by atoms with van der Waals surface area (Å²) < 4.78 is 1.78. The SMILES string of the molecule is Cn1ccc(CCNC(=O)C2CC2)n1. The maximum atomic E-state index is 11.3. The van der Waals surface area contributed by atoms with Gasteiger partial charge in [-0.15, -0.1) is 0 Å². The molecule has 2 rings (SSSR count). The van der Waals surface area contributed by atoms with Crippen LogP contribution in [0.1, 0.15) is 18.5 Å². The molecular formula is C10H15N3O. The Balaban J connectivity index is 1.69. The third-order valence-corrected chi connectivity index (χ3v) is 2.40. The van der Waals surface area contributed by atoms with Crippen molar-refractivity contribution in [3.63, 3.8) is 0 Å². The predicted octanol–water partition coefficient (Wildman–Crippen LogP) is 0.489. The highest BCUT2D eigenvalue weighted by Gasteiger charge is 2.28. The number of aromatic nitrogens is 2. The lowest BCUT2D eigenvalue weighted by molar-refractivity contribution is -0.122. The van der Waals surface area contributed by atoms with Crippen molar-refractivity contribution in [2.75, 3.05) is 6.54 Å². The van der Waals surface area contributed by atoms with E-state index in [1.165, 1.54) is 0 Å². The molecule has 1 N–H and O–H groups in total. The molecule has 0 aliphatic heterocycles. The van der Waals surface area contributed by atoms with Gasteiger partial charge in [0.1, 0.15) is 0 Å². The first kappa shape index (κ1) is 9.24. The number of aryl methyl sites for hydroxylation is 1. The van der Waals surface area contributed by atoms with E-state index >= 15 is 0 Å². The average Bonchev–Trinajstić information content (AvgIpc) is 2.92. The molecule has 0 bridgehead atoms. The van der Waals surface area contributed by atoms with Crippen LogP contribution in [0.4, 0.5) is 0 Å². The van der Waals surface area contributed by atoms with Gasteiger partial charge in [-0.05, 0) is 18.9 Å². The highest BCUT2D eigenvalue weighted by atomic mass is 16.2. The minimum Gasteiger partial charge on any atom is -0.355 e. The molecule has 1 saturated carbocycles. The summed E-state index contributed by atoms with van der Waals surface area (Å²) in [5, 5.41) is 7.15. The fourth-order valence-corrected chi connectivity index (χ4v) is 1.40. The molecule has 0 atom stereocenters. The Morgan fingerprint density at radius 2 is 2.50 bits per heavy atom. The molecule has 0 saturated heterocycles. The van der Waals surface area contributed by atoms with Gasteiger partial charge in [0, 0.05) is 32.1 Å². The van der Waals surface area contributed by atoms with Crippen LogP contribution in [0.5, 0.6) is 0 Å². The van der Waals surface area contributed by atoms with Crippen LogP contribution in [0.15, 0.2) is 12.3 Å². The molecular weight excluding hydrogens is 178 g/mol. The maximum Gasteiger partial charge on any atom is 0.223 e. The summed E-state index contributed by atoms with van der Waals surface area (Å²) in [6, 6.07) is 1.98. The van der Waals surface area contributed by atoms with Crippen molar-refractivity contribution in [1.29, 1.82) is 0 Å². The molecule has 1 aromatic rings. The van der Waals surface area contributed by atoms with Crippen LogP contribution in [-0.4, -0.2) is 22.2 Å². The van der Waals surface area contributed by atoms with E-state index in [-0.39, 0.29) is 5.91 Å². The number of hydrogen-bond donors (Lipinski definition) is 1. The first-order valence-electron chi connectivity index (χ1n) is 5.02. The average molecular weight is 193 g/mol. The molecule has 1 fully saturated rings. The van der Waals surface area contributed by atoms with Crippen molar-refractivity contribution in [3.8, 4) is 0 Å². The second kappa shape index (κ2) is 3.82. The lowest BCUT2D eigenvalue weighted by Crippen LogP contribution is -2.27. The van der Waals surface area contributed by atoms with Crippen molar-refractivity contribution >= 4 is 5.91 Å². The van der Waals surface area contributed by atoms with Crippen molar-refractivity contribution in [1.82, 2.24) is 15.1 Å². The highest BCUT2D eigenvalue weighted by molar-refractivity contribution is 5.80. The van der Waals surface area contributed by atoms with Gasteiger partial charge < -0.3 is 5.32 Å². The largest absolute Gasteiger partial charge is 0.355 e. The molecule has 4 heteroatoms. The van der Waals surface area contributed by atoms with Gasteiger partial charge in [0.25, 0.3) is 0 Å². The Labute approximate surface area is 83.3 Å². The van der Waals surface area contributed by atoms with Crippen LogP contribution in [0.25, 0.3) is 0 Å². The van der Waals surface area contributed by atoms with Crippen LogP contribution < -0.4 is 5.32 Å². The fourth-order valence-electron chi connectivity index (χ4n) is 1.40. The number of amides is 1. The quantitative estimate of drug-likeness (QED) is 0.756. The Bertz CT molecular complexity index is 328. The zero-order chi connectivity index (χ0) is 9.97. The van der Waals surface area contributed by atoms with Gasteiger partial charge in [-0.3, -0.25) is 9.48 Å². The Morgan fingerprint density at radius 3 is 3.07 bits per heavy atom. The van der Waals surface area contributed by atoms with Crippen LogP contribution in [-0.2, 0) is 18.3 Å². The first-order chi connectivity index (χ1) is 6.75. The summed E-state index contributed by atoms with van der Waals surface area (Å²) in [6.45, 7) is 0.701. The van der Waals surface area contributed by atoms with Crippen molar-refractivity contribution in [2.24, 2.45) is 13.0 Å². The normalized spacial score (nSPS) is 15.5. The number of hydrogen-bond acceptors (Lipinski definition) is 2. The molecule has 76 valence electrons. The van der Waals surface area contributed by atoms with Crippen LogP contribution in [0, 0.1) is 5.92 Å². The zero-order valence-corrected chi connectivity index (χ0v) is 8.36. The van der Waals surface area contributed by atoms with E-state index in [0.717, 1.165) is 25.0 Å². The van der Waals surface area contributed by atoms with Crippen LogP contribution in [0.3, 0.4) is 0 Å². The Hall–Kier alpha value is -1.32. The summed E-state index contributed by atoms with van der Waals surface area (Å²) in [4.78, 5) is 11.3. The number of carbonyl (C=O) groups is 1. The highest BCUT2D eigenvalue weighted by Crippen LogP contribution is 2.28. The molecule has 0 aromatic carbocycles. The van der Waals surface area contributed by atoms with E-state index in [2.05, 4.69) is 10.4 Å². The molecule has 0 unspecified atom stereocenters. The van der Waals surface area contributed by atoms with Crippen molar-refractivity contribution in [2.45, 2.75) is 19.3 Å². The van der Waals surface area contributed by atoms with E-state index in [9.17, 15) is 4.79 Å². The van der Waals surface area contributed by atoms with Gasteiger partial charge in [-0.2, -0.15) is 5.10 Å². The molecule has 14 heavy (non-hydrogen) atoms. The van der Waals surface area contributed by atoms with E-state index in [1.807, 2.05) is 19.3 Å². The van der Waals surface area contributed by atoms with Crippen molar-refractivity contribution in [3.05, 3.63) is 18.0 Å². The minimum absolute atomic E-state index is 0.209. The van der Waals surface area contributed by atoms with Crippen LogP contribution in [0.2, 0.25) is 0 Å². The van der Waals surface area contributed by atoms with E-state index in [1.54, 1.807) is 4.68 Å². The fraction of sp³-hybridized carbons (Fsp3) is 0.600. The molecule has 4 nitrogen and oxygen atoms in total. The second-order valence-corrected chi connectivity index (χ2v) is 3.80. The molecule has 1 amide bonds. The Morgan fingerprint density at radius 1 is 1.71 bits per heavy atom. The van der Waals surface area contributed by atoms with Gasteiger partial charge in [-0.1, -0.05) is 0 Å². The molecule has 1 aromatic heterocycles. The predicted molar refractivity (Wildman–Crippen MR) is 52.6 cm³/mol. The molecule has 1 aliphatic carbocycles. The van der Waals surface area contributed by atoms with E-state index in [4.69, 9.17) is 0 Å². The zero-order valence-electron chi connectivity index (χ0n) is 8.36. The lowest BCUT2D eigenvalue weighted by atomic mass is 10.3. The Kier molecular flexibility index (Phi) is 2.52. The third-order valence-electron chi connectivity index (χ3n) is 2.40. The van der Waals surface area contributed by atoms with Gasteiger partial charge >= 0.3 is 0 Å². The van der Waals surface area contributed by atoms with Crippen molar-refractivity contribution < 1.29 is 4.79 Å². The first-order valence-corrected chi connectivity index (χ1v) is 5.02. The van der Waals surface area contributed by atoms with E-state index in [0.29, 0.717) is 12.5 Å². The second-order valence-electron chi connectivity index (χ2n) is 3.80. The molecule has 0 spiro atoms. The van der Waals surface area contributed by atoms with Gasteiger partial charge in [0.05, 0.1) is 5.69 Å². The smallest absolute Gasteiger partial charge is 0.223 e.